The van der Waals surface area contributed by atoms with Gasteiger partial charge in [0.15, 0.2) is 0 Å². The molecule has 0 amide bonds. The minimum absolute atomic E-state index is 0.169. The summed E-state index contributed by atoms with van der Waals surface area (Å²) >= 11 is 0. The van der Waals surface area contributed by atoms with E-state index in [0.29, 0.717) is 12.2 Å². The molecule has 0 radical (unpaired) electrons. The number of unbranched alkanes of at least 4 members (excludes halogenated alkanes) is 10. The number of para-hydroxylation sites is 1. The van der Waals surface area contributed by atoms with Crippen molar-refractivity contribution in [1.29, 1.82) is 0 Å². The van der Waals surface area contributed by atoms with Gasteiger partial charge in [0.05, 0.1) is 0 Å². The number of carbonyl (C=O) groups excluding carboxylic acids is 1. The number of aldehydes is 1. The Morgan fingerprint density at radius 2 is 1.42 bits per heavy atom. The van der Waals surface area contributed by atoms with Crippen molar-refractivity contribution >= 4 is 6.29 Å². The van der Waals surface area contributed by atoms with E-state index in [1.54, 1.807) is 6.07 Å². The fourth-order valence-electron chi connectivity index (χ4n) is 3.40. The Bertz CT molecular complexity index is 428. The van der Waals surface area contributed by atoms with Gasteiger partial charge in [0.1, 0.15) is 12.0 Å². The molecule has 0 aliphatic carbocycles. The van der Waals surface area contributed by atoms with Crippen molar-refractivity contribution in [3.63, 3.8) is 0 Å². The SMILES string of the molecule is CCCCCCCCCCCCCC(CC=O)c1ccccc1O. The molecule has 0 saturated heterocycles. The molecule has 2 nitrogen and oxygen atoms in total. The Kier molecular flexibility index (Phi) is 12.2. The molecule has 0 spiro atoms. The van der Waals surface area contributed by atoms with Crippen molar-refractivity contribution in [2.24, 2.45) is 0 Å². The summed E-state index contributed by atoms with van der Waals surface area (Å²) in [7, 11) is 0. The number of phenols is 1. The zero-order valence-corrected chi connectivity index (χ0v) is 15.5. The second kappa shape index (κ2) is 14.1. The van der Waals surface area contributed by atoms with E-state index >= 15 is 0 Å². The molecule has 1 N–H and O–H groups in total. The summed E-state index contributed by atoms with van der Waals surface area (Å²) in [5, 5.41) is 9.97. The van der Waals surface area contributed by atoms with Crippen LogP contribution in [0.1, 0.15) is 102 Å². The monoisotopic (exact) mass is 332 g/mol. The second-order valence-electron chi connectivity index (χ2n) is 6.98. The summed E-state index contributed by atoms with van der Waals surface area (Å²) in [6.07, 6.45) is 17.2. The summed E-state index contributed by atoms with van der Waals surface area (Å²) in [6.45, 7) is 2.26. The molecule has 1 aromatic carbocycles. The van der Waals surface area contributed by atoms with Crippen molar-refractivity contribution in [3.05, 3.63) is 29.8 Å². The van der Waals surface area contributed by atoms with Crippen LogP contribution >= 0.6 is 0 Å². The van der Waals surface area contributed by atoms with Gasteiger partial charge in [-0.15, -0.1) is 0 Å². The molecule has 0 bridgehead atoms. The van der Waals surface area contributed by atoms with Gasteiger partial charge >= 0.3 is 0 Å². The topological polar surface area (TPSA) is 37.3 Å². The molecular formula is C22H36O2. The first kappa shape index (κ1) is 20.7. The van der Waals surface area contributed by atoms with E-state index in [-0.39, 0.29) is 5.92 Å². The van der Waals surface area contributed by atoms with Crippen LogP contribution in [-0.4, -0.2) is 11.4 Å². The summed E-state index contributed by atoms with van der Waals surface area (Å²) in [5.41, 5.74) is 0.927. The lowest BCUT2D eigenvalue weighted by atomic mass is 9.90. The highest BCUT2D eigenvalue weighted by Gasteiger charge is 2.14. The average Bonchev–Trinajstić information content (AvgIpc) is 2.59. The highest BCUT2D eigenvalue weighted by molar-refractivity contribution is 5.52. The summed E-state index contributed by atoms with van der Waals surface area (Å²) in [4.78, 5) is 10.9. The maximum atomic E-state index is 10.9. The van der Waals surface area contributed by atoms with Crippen LogP contribution in [0.25, 0.3) is 0 Å². The van der Waals surface area contributed by atoms with Crippen LogP contribution in [0.5, 0.6) is 5.75 Å². The molecule has 1 rings (SSSR count). The fraction of sp³-hybridized carbons (Fsp3) is 0.682. The third kappa shape index (κ3) is 9.10. The predicted octanol–water partition coefficient (Wildman–Crippen LogP) is 6.77. The number of rotatable bonds is 15. The molecule has 1 atom stereocenters. The number of hydrogen-bond acceptors (Lipinski definition) is 2. The first-order valence-electron chi connectivity index (χ1n) is 10.0. The van der Waals surface area contributed by atoms with Gasteiger partial charge in [0, 0.05) is 6.42 Å². The number of aromatic hydroxyl groups is 1. The van der Waals surface area contributed by atoms with Gasteiger partial charge in [0.25, 0.3) is 0 Å². The van der Waals surface area contributed by atoms with E-state index in [4.69, 9.17) is 0 Å². The first-order chi connectivity index (χ1) is 11.8. The minimum atomic E-state index is 0.169. The van der Waals surface area contributed by atoms with E-state index in [9.17, 15) is 9.90 Å². The van der Waals surface area contributed by atoms with Crippen LogP contribution in [0.3, 0.4) is 0 Å². The van der Waals surface area contributed by atoms with Crippen LogP contribution in [-0.2, 0) is 4.79 Å². The van der Waals surface area contributed by atoms with E-state index in [2.05, 4.69) is 6.92 Å². The van der Waals surface area contributed by atoms with Crippen molar-refractivity contribution in [2.75, 3.05) is 0 Å². The number of hydrogen-bond donors (Lipinski definition) is 1. The normalized spacial score (nSPS) is 12.2. The van der Waals surface area contributed by atoms with Crippen molar-refractivity contribution in [3.8, 4) is 5.75 Å². The van der Waals surface area contributed by atoms with Crippen molar-refractivity contribution < 1.29 is 9.90 Å². The zero-order valence-electron chi connectivity index (χ0n) is 15.5. The molecular weight excluding hydrogens is 296 g/mol. The van der Waals surface area contributed by atoms with Crippen LogP contribution in [0, 0.1) is 0 Å². The van der Waals surface area contributed by atoms with Gasteiger partial charge in [-0.25, -0.2) is 0 Å². The van der Waals surface area contributed by atoms with Crippen LogP contribution < -0.4 is 0 Å². The van der Waals surface area contributed by atoms with E-state index in [1.807, 2.05) is 18.2 Å². The third-order valence-corrected chi connectivity index (χ3v) is 4.91. The van der Waals surface area contributed by atoms with Crippen molar-refractivity contribution in [1.82, 2.24) is 0 Å². The molecule has 0 aromatic heterocycles. The molecule has 2 heteroatoms. The van der Waals surface area contributed by atoms with Crippen LogP contribution in [0.4, 0.5) is 0 Å². The van der Waals surface area contributed by atoms with Gasteiger partial charge in [-0.1, -0.05) is 95.8 Å². The number of carbonyl (C=O) groups is 1. The molecule has 0 fully saturated rings. The highest BCUT2D eigenvalue weighted by Crippen LogP contribution is 2.31. The van der Waals surface area contributed by atoms with E-state index in [0.717, 1.165) is 24.7 Å². The maximum absolute atomic E-state index is 10.9. The largest absolute Gasteiger partial charge is 0.508 e. The maximum Gasteiger partial charge on any atom is 0.120 e. The van der Waals surface area contributed by atoms with E-state index in [1.165, 1.54) is 64.2 Å². The molecule has 0 aliphatic heterocycles. The van der Waals surface area contributed by atoms with Gasteiger partial charge in [-0.2, -0.15) is 0 Å². The Balaban J connectivity index is 2.10. The Hall–Kier alpha value is -1.31. The molecule has 0 saturated carbocycles. The van der Waals surface area contributed by atoms with E-state index < -0.39 is 0 Å². The second-order valence-corrected chi connectivity index (χ2v) is 6.98. The Morgan fingerprint density at radius 1 is 0.875 bits per heavy atom. The molecule has 1 aromatic rings. The van der Waals surface area contributed by atoms with Gasteiger partial charge in [-0.05, 0) is 24.0 Å². The lowest BCUT2D eigenvalue weighted by Gasteiger charge is -2.16. The molecule has 24 heavy (non-hydrogen) atoms. The summed E-state index contributed by atoms with van der Waals surface area (Å²) < 4.78 is 0. The Labute approximate surface area is 148 Å². The lowest BCUT2D eigenvalue weighted by Crippen LogP contribution is -2.00. The van der Waals surface area contributed by atoms with Gasteiger partial charge in [0.2, 0.25) is 0 Å². The highest BCUT2D eigenvalue weighted by atomic mass is 16.3. The third-order valence-electron chi connectivity index (χ3n) is 4.91. The Morgan fingerprint density at radius 3 is 1.96 bits per heavy atom. The standard InChI is InChI=1S/C22H36O2/c1-2-3-4-5-6-7-8-9-10-11-12-15-20(18-19-23)21-16-13-14-17-22(21)24/h13-14,16-17,19-20,24H,2-12,15,18H2,1H3. The first-order valence-corrected chi connectivity index (χ1v) is 10.0. The summed E-state index contributed by atoms with van der Waals surface area (Å²) in [5.74, 6) is 0.495. The average molecular weight is 333 g/mol. The van der Waals surface area contributed by atoms with Gasteiger partial charge < -0.3 is 9.90 Å². The van der Waals surface area contributed by atoms with Crippen molar-refractivity contribution in [2.45, 2.75) is 96.3 Å². The number of phenolic OH excluding ortho intramolecular Hbond substituents is 1. The minimum Gasteiger partial charge on any atom is -0.508 e. The number of benzene rings is 1. The molecule has 1 unspecified atom stereocenters. The van der Waals surface area contributed by atoms with Crippen LogP contribution in [0.15, 0.2) is 24.3 Å². The molecule has 136 valence electrons. The predicted molar refractivity (Wildman–Crippen MR) is 103 cm³/mol. The van der Waals surface area contributed by atoms with Crippen LogP contribution in [0.2, 0.25) is 0 Å². The quantitative estimate of drug-likeness (QED) is 0.284. The molecule has 0 aliphatic rings. The molecule has 0 heterocycles. The zero-order chi connectivity index (χ0) is 17.5. The fourth-order valence-corrected chi connectivity index (χ4v) is 3.40. The van der Waals surface area contributed by atoms with Gasteiger partial charge in [-0.3, -0.25) is 0 Å². The lowest BCUT2D eigenvalue weighted by molar-refractivity contribution is -0.108. The smallest absolute Gasteiger partial charge is 0.120 e. The summed E-state index contributed by atoms with van der Waals surface area (Å²) in [6, 6.07) is 7.43.